The van der Waals surface area contributed by atoms with Crippen molar-refractivity contribution in [2.45, 2.75) is 4.90 Å². The van der Waals surface area contributed by atoms with Crippen molar-refractivity contribution in [3.05, 3.63) is 47.7 Å². The van der Waals surface area contributed by atoms with Gasteiger partial charge in [-0.3, -0.25) is 0 Å². The van der Waals surface area contributed by atoms with E-state index in [1.807, 2.05) is 17.0 Å². The molecular formula is C15H15ClN6O2S. The summed E-state index contributed by atoms with van der Waals surface area (Å²) in [4.78, 5) is 2.31. The molecule has 0 unspecified atom stereocenters. The van der Waals surface area contributed by atoms with Gasteiger partial charge >= 0.3 is 0 Å². The van der Waals surface area contributed by atoms with E-state index in [9.17, 15) is 8.42 Å². The molecule has 0 bridgehead atoms. The fourth-order valence-electron chi connectivity index (χ4n) is 2.80. The Kier molecular flexibility index (Phi) is 4.06. The van der Waals surface area contributed by atoms with Gasteiger partial charge in [0.05, 0.1) is 4.90 Å². The molecule has 3 heterocycles. The van der Waals surface area contributed by atoms with Gasteiger partial charge < -0.3 is 4.90 Å². The van der Waals surface area contributed by atoms with Gasteiger partial charge in [-0.15, -0.1) is 15.3 Å². The first kappa shape index (κ1) is 16.2. The molecule has 0 aliphatic carbocycles. The SMILES string of the molecule is O=S(=O)(c1ccc(Cl)cc1)N1CCN(c2ccc3nncn3n2)CC1. The number of fused-ring (bicyclic) bond motifs is 1. The lowest BCUT2D eigenvalue weighted by atomic mass is 10.3. The van der Waals surface area contributed by atoms with Gasteiger partial charge in [-0.25, -0.2) is 8.42 Å². The number of hydrogen-bond acceptors (Lipinski definition) is 6. The van der Waals surface area contributed by atoms with Crippen LogP contribution in [-0.4, -0.2) is 58.7 Å². The molecule has 1 aromatic carbocycles. The molecule has 0 spiro atoms. The summed E-state index contributed by atoms with van der Waals surface area (Å²) in [6.07, 6.45) is 1.54. The van der Waals surface area contributed by atoms with Crippen LogP contribution in [0.4, 0.5) is 5.82 Å². The zero-order valence-electron chi connectivity index (χ0n) is 13.2. The minimum absolute atomic E-state index is 0.259. The minimum atomic E-state index is -3.51. The van der Waals surface area contributed by atoms with E-state index < -0.39 is 10.0 Å². The van der Waals surface area contributed by atoms with Crippen LogP contribution in [0.2, 0.25) is 5.02 Å². The van der Waals surface area contributed by atoms with Crippen LogP contribution in [0.1, 0.15) is 0 Å². The fraction of sp³-hybridized carbons (Fsp3) is 0.267. The van der Waals surface area contributed by atoms with E-state index in [0.717, 1.165) is 5.82 Å². The molecule has 8 nitrogen and oxygen atoms in total. The predicted octanol–water partition coefficient (Wildman–Crippen LogP) is 1.29. The highest BCUT2D eigenvalue weighted by Crippen LogP contribution is 2.21. The number of halogens is 1. The van der Waals surface area contributed by atoms with Crippen LogP contribution >= 0.6 is 11.6 Å². The van der Waals surface area contributed by atoms with Crippen LogP contribution in [0.5, 0.6) is 0 Å². The number of nitrogens with zero attached hydrogens (tertiary/aromatic N) is 6. The molecule has 10 heteroatoms. The lowest BCUT2D eigenvalue weighted by Crippen LogP contribution is -2.49. The molecule has 1 saturated heterocycles. The van der Waals surface area contributed by atoms with E-state index >= 15 is 0 Å². The molecule has 1 aliphatic heterocycles. The summed E-state index contributed by atoms with van der Waals surface area (Å²) < 4.78 is 28.5. The Labute approximate surface area is 149 Å². The van der Waals surface area contributed by atoms with Gasteiger partial charge in [-0.05, 0) is 36.4 Å². The number of anilines is 1. The summed E-state index contributed by atoms with van der Waals surface area (Å²) in [6.45, 7) is 1.92. The Morgan fingerprint density at radius 2 is 1.68 bits per heavy atom. The van der Waals surface area contributed by atoms with Crippen LogP contribution in [0, 0.1) is 0 Å². The van der Waals surface area contributed by atoms with Crippen molar-refractivity contribution in [1.82, 2.24) is 24.1 Å². The number of piperazine rings is 1. The Balaban J connectivity index is 1.49. The van der Waals surface area contributed by atoms with Crippen molar-refractivity contribution in [3.8, 4) is 0 Å². The molecule has 0 N–H and O–H groups in total. The Morgan fingerprint density at radius 1 is 0.960 bits per heavy atom. The quantitative estimate of drug-likeness (QED) is 0.682. The summed E-state index contributed by atoms with van der Waals surface area (Å²) in [7, 11) is -3.51. The lowest BCUT2D eigenvalue weighted by molar-refractivity contribution is 0.383. The molecule has 25 heavy (non-hydrogen) atoms. The van der Waals surface area contributed by atoms with E-state index in [-0.39, 0.29) is 4.90 Å². The topological polar surface area (TPSA) is 83.7 Å². The minimum Gasteiger partial charge on any atom is -0.353 e. The van der Waals surface area contributed by atoms with Crippen molar-refractivity contribution in [3.63, 3.8) is 0 Å². The number of sulfonamides is 1. The van der Waals surface area contributed by atoms with Crippen LogP contribution in [0.25, 0.3) is 5.65 Å². The highest BCUT2D eigenvalue weighted by Gasteiger charge is 2.29. The molecule has 0 saturated carbocycles. The first-order valence-electron chi connectivity index (χ1n) is 7.72. The van der Waals surface area contributed by atoms with Crippen LogP contribution < -0.4 is 4.90 Å². The zero-order valence-corrected chi connectivity index (χ0v) is 14.7. The van der Waals surface area contributed by atoms with Gasteiger partial charge in [0.1, 0.15) is 12.1 Å². The standard InChI is InChI=1S/C15H15ClN6O2S/c16-12-1-3-13(4-2-12)25(23,24)21-9-7-20(8-10-21)15-6-5-14-18-17-11-22(14)19-15/h1-6,11H,7-10H2. The average molecular weight is 379 g/mol. The van der Waals surface area contributed by atoms with Gasteiger partial charge in [0, 0.05) is 31.2 Å². The van der Waals surface area contributed by atoms with Crippen molar-refractivity contribution < 1.29 is 8.42 Å². The number of hydrogen-bond donors (Lipinski definition) is 0. The van der Waals surface area contributed by atoms with Gasteiger partial charge in [0.2, 0.25) is 10.0 Å². The highest BCUT2D eigenvalue weighted by atomic mass is 35.5. The predicted molar refractivity (Wildman–Crippen MR) is 93.2 cm³/mol. The molecule has 0 amide bonds. The van der Waals surface area contributed by atoms with Crippen LogP contribution in [-0.2, 0) is 10.0 Å². The molecule has 3 aromatic rings. The summed E-state index contributed by atoms with van der Waals surface area (Å²) in [6, 6.07) is 9.95. The van der Waals surface area contributed by atoms with E-state index in [1.54, 1.807) is 23.0 Å². The summed E-state index contributed by atoms with van der Waals surface area (Å²) >= 11 is 5.83. The van der Waals surface area contributed by atoms with Gasteiger partial charge in [-0.2, -0.15) is 8.82 Å². The van der Waals surface area contributed by atoms with Gasteiger partial charge in [-0.1, -0.05) is 11.6 Å². The van der Waals surface area contributed by atoms with E-state index in [0.29, 0.717) is 36.8 Å². The molecule has 0 atom stereocenters. The fourth-order valence-corrected chi connectivity index (χ4v) is 4.35. The molecule has 130 valence electrons. The van der Waals surface area contributed by atoms with E-state index in [1.165, 1.54) is 16.4 Å². The molecule has 0 radical (unpaired) electrons. The maximum atomic E-state index is 12.7. The second kappa shape index (κ2) is 6.25. The zero-order chi connectivity index (χ0) is 17.4. The number of rotatable bonds is 3. The smallest absolute Gasteiger partial charge is 0.243 e. The maximum Gasteiger partial charge on any atom is 0.243 e. The number of benzene rings is 1. The molecule has 1 aliphatic rings. The second-order valence-electron chi connectivity index (χ2n) is 5.67. The van der Waals surface area contributed by atoms with E-state index in [4.69, 9.17) is 11.6 Å². The lowest BCUT2D eigenvalue weighted by Gasteiger charge is -2.34. The van der Waals surface area contributed by atoms with Gasteiger partial charge in [0.25, 0.3) is 0 Å². The summed E-state index contributed by atoms with van der Waals surface area (Å²) in [5, 5.41) is 12.7. The summed E-state index contributed by atoms with van der Waals surface area (Å²) in [5.41, 5.74) is 0.674. The normalized spacial score (nSPS) is 16.4. The second-order valence-corrected chi connectivity index (χ2v) is 8.04. The van der Waals surface area contributed by atoms with Gasteiger partial charge in [0.15, 0.2) is 5.65 Å². The van der Waals surface area contributed by atoms with Crippen molar-refractivity contribution in [2.24, 2.45) is 0 Å². The molecular weight excluding hydrogens is 364 g/mol. The highest BCUT2D eigenvalue weighted by molar-refractivity contribution is 7.89. The molecule has 4 rings (SSSR count). The Bertz CT molecular complexity index is 996. The Morgan fingerprint density at radius 3 is 2.40 bits per heavy atom. The van der Waals surface area contributed by atoms with Crippen molar-refractivity contribution in [1.29, 1.82) is 0 Å². The molecule has 1 fully saturated rings. The monoisotopic (exact) mass is 378 g/mol. The molecule has 2 aromatic heterocycles. The van der Waals surface area contributed by atoms with Crippen molar-refractivity contribution >= 4 is 33.1 Å². The van der Waals surface area contributed by atoms with E-state index in [2.05, 4.69) is 15.3 Å². The average Bonchev–Trinajstić information content (AvgIpc) is 3.10. The number of aromatic nitrogens is 4. The Hall–Kier alpha value is -2.23. The third kappa shape index (κ3) is 3.06. The maximum absolute atomic E-state index is 12.7. The van der Waals surface area contributed by atoms with Crippen LogP contribution in [0.15, 0.2) is 47.6 Å². The third-order valence-electron chi connectivity index (χ3n) is 4.16. The third-order valence-corrected chi connectivity index (χ3v) is 6.33. The summed E-state index contributed by atoms with van der Waals surface area (Å²) in [5.74, 6) is 0.774. The largest absolute Gasteiger partial charge is 0.353 e. The first-order valence-corrected chi connectivity index (χ1v) is 9.53. The van der Waals surface area contributed by atoms with Crippen LogP contribution in [0.3, 0.4) is 0 Å². The van der Waals surface area contributed by atoms with Crippen molar-refractivity contribution in [2.75, 3.05) is 31.1 Å². The first-order chi connectivity index (χ1) is 12.0.